The number of fused-ring (bicyclic) bond motifs is 6. The van der Waals surface area contributed by atoms with Crippen molar-refractivity contribution in [1.29, 1.82) is 0 Å². The maximum absolute atomic E-state index is 13.6. The van der Waals surface area contributed by atoms with Crippen LogP contribution in [0.3, 0.4) is 0 Å². The summed E-state index contributed by atoms with van der Waals surface area (Å²) in [6.45, 7) is 41.8. The lowest BCUT2D eigenvalue weighted by molar-refractivity contribution is 0.498. The molecule has 0 atom stereocenters. The Kier molecular flexibility index (Phi) is 37.5. The minimum atomic E-state index is -1.09. The summed E-state index contributed by atoms with van der Waals surface area (Å²) in [5.74, 6) is -2.59. The zero-order valence-corrected chi connectivity index (χ0v) is 60.4. The molecule has 0 nitrogen and oxygen atoms in total. The van der Waals surface area contributed by atoms with Crippen LogP contribution in [0.25, 0.3) is 60.5 Å². The molecule has 0 spiro atoms. The lowest BCUT2D eigenvalue weighted by Gasteiger charge is -2.19. The first-order chi connectivity index (χ1) is 41.1. The molecule has 0 radical (unpaired) electrons. The van der Waals surface area contributed by atoms with Gasteiger partial charge in [0.25, 0.3) is 0 Å². The van der Waals surface area contributed by atoms with Gasteiger partial charge < -0.3 is 0 Å². The highest BCUT2D eigenvalue weighted by Gasteiger charge is 2.18. The van der Waals surface area contributed by atoms with E-state index < -0.39 is 17.5 Å². The van der Waals surface area contributed by atoms with Gasteiger partial charge in [-0.15, -0.1) is 68.0 Å². The van der Waals surface area contributed by atoms with Crippen molar-refractivity contribution in [3.63, 3.8) is 0 Å². The number of thiophene rings is 6. The first-order valence-corrected chi connectivity index (χ1v) is 35.4. The van der Waals surface area contributed by atoms with Crippen molar-refractivity contribution < 1.29 is 26.3 Å². The molecular formula is C72H88Cl2F6S6. The highest BCUT2D eigenvalue weighted by Crippen LogP contribution is 2.34. The zero-order chi connectivity index (χ0) is 65.6. The van der Waals surface area contributed by atoms with Crippen molar-refractivity contribution in [3.05, 3.63) is 208 Å². The molecule has 0 saturated carbocycles. The predicted molar refractivity (Wildman–Crippen MR) is 385 cm³/mol. The highest BCUT2D eigenvalue weighted by molar-refractivity contribution is 7.19. The minimum Gasteiger partial charge on any atom is -0.206 e. The summed E-state index contributed by atoms with van der Waals surface area (Å²) in [4.78, 5) is 0. The fourth-order valence-corrected chi connectivity index (χ4v) is 13.1. The van der Waals surface area contributed by atoms with Gasteiger partial charge in [0, 0.05) is 20.7 Å². The molecule has 6 heterocycles. The third-order valence-electron chi connectivity index (χ3n) is 11.9. The highest BCUT2D eigenvalue weighted by atomic mass is 35.5. The van der Waals surface area contributed by atoms with Gasteiger partial charge in [-0.05, 0) is 210 Å². The molecule has 0 amide bonds. The van der Waals surface area contributed by atoms with E-state index in [9.17, 15) is 26.3 Å². The van der Waals surface area contributed by atoms with E-state index in [1.807, 2.05) is 143 Å². The van der Waals surface area contributed by atoms with Crippen LogP contribution in [0.5, 0.6) is 0 Å². The molecular weight excluding hydrogens is 1240 g/mol. The molecule has 0 saturated heterocycles. The van der Waals surface area contributed by atoms with Crippen molar-refractivity contribution in [1.82, 2.24) is 0 Å². The molecule has 0 bridgehead atoms. The predicted octanol–water partition coefficient (Wildman–Crippen LogP) is 29.6. The maximum Gasteiger partial charge on any atom is 0.177 e. The van der Waals surface area contributed by atoms with Crippen LogP contribution in [0, 0.1) is 55.7 Å². The Morgan fingerprint density at radius 3 is 1.36 bits per heavy atom. The van der Waals surface area contributed by atoms with Crippen LogP contribution >= 0.6 is 91.2 Å². The normalized spacial score (nSPS) is 10.1. The van der Waals surface area contributed by atoms with E-state index in [2.05, 4.69) is 94.8 Å². The Morgan fingerprint density at radius 2 is 0.849 bits per heavy atom. The molecule has 0 N–H and O–H groups in total. The van der Waals surface area contributed by atoms with Crippen LogP contribution < -0.4 is 0 Å². The quantitative estimate of drug-likeness (QED) is 0.120. The van der Waals surface area contributed by atoms with Gasteiger partial charge in [0.1, 0.15) is 23.3 Å². The van der Waals surface area contributed by atoms with Crippen molar-refractivity contribution in [2.75, 3.05) is 0 Å². The number of benzene rings is 6. The van der Waals surface area contributed by atoms with Crippen molar-refractivity contribution in [3.8, 4) is 0 Å². The van der Waals surface area contributed by atoms with E-state index in [0.29, 0.717) is 5.92 Å². The minimum absolute atomic E-state index is 0.0109. The molecule has 468 valence electrons. The molecule has 6 aromatic heterocycles. The summed E-state index contributed by atoms with van der Waals surface area (Å²) in [7, 11) is 0. The summed E-state index contributed by atoms with van der Waals surface area (Å²) < 4.78 is 84.6. The Morgan fingerprint density at radius 1 is 0.419 bits per heavy atom. The molecule has 12 aromatic rings. The molecule has 6 aromatic carbocycles. The molecule has 0 aliphatic heterocycles. The Balaban J connectivity index is 0.000000498. The van der Waals surface area contributed by atoms with Crippen molar-refractivity contribution in [2.45, 2.75) is 163 Å². The summed E-state index contributed by atoms with van der Waals surface area (Å²) in [5, 5.41) is 19.0. The molecule has 0 aliphatic carbocycles. The summed E-state index contributed by atoms with van der Waals surface area (Å²) in [5.41, 5.74) is 5.32. The SMILES string of the molecule is CC.CC.CC.CC.CC.CC.CC(C)(C)c1cc(F)c2sccc2c1.CC(C)c1cc(F)c2sccc2c1.CCc1cc(F)c2sccc2c1.Cc1c(F)c(F)c2sccc2c1F.Cc1cc(Cl)c2sccc2c1.Cc1cc2ccsc2cc1Cl. The molecule has 86 heavy (non-hydrogen) atoms. The third kappa shape index (κ3) is 22.4. The second kappa shape index (κ2) is 40.7. The van der Waals surface area contributed by atoms with Crippen LogP contribution in [0.1, 0.15) is 164 Å². The van der Waals surface area contributed by atoms with Gasteiger partial charge >= 0.3 is 0 Å². The topological polar surface area (TPSA) is 0 Å². The van der Waals surface area contributed by atoms with Crippen LogP contribution in [0.15, 0.2) is 129 Å². The molecule has 0 unspecified atom stereocenters. The fraction of sp³-hybridized carbons (Fsp3) is 0.333. The Hall–Kier alpha value is -4.76. The summed E-state index contributed by atoms with van der Waals surface area (Å²) >= 11 is 20.8. The zero-order valence-electron chi connectivity index (χ0n) is 54.0. The smallest absolute Gasteiger partial charge is 0.177 e. The molecule has 14 heteroatoms. The first-order valence-electron chi connectivity index (χ1n) is 29.4. The van der Waals surface area contributed by atoms with Gasteiger partial charge in [-0.3, -0.25) is 0 Å². The fourth-order valence-electron chi connectivity index (χ4n) is 7.66. The number of rotatable bonds is 2. The Labute approximate surface area is 544 Å². The van der Waals surface area contributed by atoms with E-state index >= 15 is 0 Å². The van der Waals surface area contributed by atoms with E-state index in [0.717, 1.165) is 80.3 Å². The standard InChI is InChI=1S/C12H13FS.C11H11FS.C10H9FS.2C9H7ClS.C9H5F3S.6C2H6/c1-12(2,3)9-6-8-4-5-14-11(8)10(13)7-9;1-7(2)9-5-8-3-4-13-11(8)10(12)6-9;1-2-7-5-8-3-4-12-10(8)9(11)6-7;1-6-4-7-2-3-11-9(7)5-8(6)10;1-6-4-7-2-3-11-9(7)8(10)5-6;1-4-6(10)5-2-3-13-9(5)8(12)7(4)11;6*1-2/h4-7H,1-3H3;3-7H,1-2H3;3-6H,2H2,1H3;2*2-5H,1H3;2-3H,1H3;6*1-2H3. The van der Waals surface area contributed by atoms with E-state index in [1.165, 1.54) is 78.1 Å². The van der Waals surface area contributed by atoms with E-state index in [1.54, 1.807) is 40.9 Å². The van der Waals surface area contributed by atoms with E-state index in [4.69, 9.17) is 23.2 Å². The van der Waals surface area contributed by atoms with Crippen molar-refractivity contribution >= 4 is 152 Å². The number of hydrogen-bond acceptors (Lipinski definition) is 6. The third-order valence-corrected chi connectivity index (χ3v) is 18.3. The van der Waals surface area contributed by atoms with E-state index in [-0.39, 0.29) is 38.5 Å². The number of aryl methyl sites for hydroxylation is 3. The van der Waals surface area contributed by atoms with Gasteiger partial charge in [-0.1, -0.05) is 160 Å². The average molecular weight is 1330 g/mol. The average Bonchev–Trinajstić information content (AvgIpc) is 4.08. The maximum atomic E-state index is 13.6. The van der Waals surface area contributed by atoms with Gasteiger partial charge in [0.05, 0.1) is 28.5 Å². The van der Waals surface area contributed by atoms with Crippen LogP contribution in [0.2, 0.25) is 10.0 Å². The number of hydrogen-bond donors (Lipinski definition) is 0. The Bertz CT molecular complexity index is 3770. The largest absolute Gasteiger partial charge is 0.206 e. The first kappa shape index (κ1) is 79.3. The van der Waals surface area contributed by atoms with Crippen LogP contribution in [-0.4, -0.2) is 0 Å². The molecule has 0 aliphatic rings. The monoisotopic (exact) mass is 1330 g/mol. The summed E-state index contributed by atoms with van der Waals surface area (Å²) in [6, 6.07) is 31.0. The van der Waals surface area contributed by atoms with Crippen LogP contribution in [0.4, 0.5) is 26.3 Å². The second-order valence-electron chi connectivity index (χ2n) is 18.7. The molecule has 12 rings (SSSR count). The lowest BCUT2D eigenvalue weighted by Crippen LogP contribution is -2.11. The second-order valence-corrected chi connectivity index (χ2v) is 25.0. The van der Waals surface area contributed by atoms with Gasteiger partial charge in [-0.2, -0.15) is 0 Å². The lowest BCUT2D eigenvalue weighted by atomic mass is 9.86. The van der Waals surface area contributed by atoms with Crippen molar-refractivity contribution in [2.24, 2.45) is 0 Å². The van der Waals surface area contributed by atoms with Crippen LogP contribution in [-0.2, 0) is 11.8 Å². The van der Waals surface area contributed by atoms with Gasteiger partial charge in [-0.25, -0.2) is 26.3 Å². The summed E-state index contributed by atoms with van der Waals surface area (Å²) in [6.07, 6.45) is 0.892. The number of halogens is 8. The van der Waals surface area contributed by atoms with Gasteiger partial charge in [0.2, 0.25) is 0 Å². The van der Waals surface area contributed by atoms with Gasteiger partial charge in [0.15, 0.2) is 11.6 Å². The molecule has 0 fully saturated rings.